The average Bonchev–Trinajstić information content (AvgIpc) is 2.87. The molecule has 21 heavy (non-hydrogen) atoms. The number of rotatable bonds is 4. The Kier molecular flexibility index (Phi) is 4.42. The SMILES string of the molecule is O=C(N[C@@H]1CC[C@H](C(=O)O)C1)c1ccc([N+](=O)[O-])cc1Cl. The number of nitro benzene ring substituents is 1. The Bertz CT molecular complexity index is 604. The van der Waals surface area contributed by atoms with Crippen molar-refractivity contribution in [1.82, 2.24) is 5.32 Å². The number of nitro groups is 1. The fourth-order valence-electron chi connectivity index (χ4n) is 2.40. The molecule has 1 amide bonds. The lowest BCUT2D eigenvalue weighted by Crippen LogP contribution is -2.33. The van der Waals surface area contributed by atoms with E-state index in [9.17, 15) is 19.7 Å². The van der Waals surface area contributed by atoms with Crippen LogP contribution in [0.25, 0.3) is 0 Å². The second-order valence-electron chi connectivity index (χ2n) is 4.94. The van der Waals surface area contributed by atoms with Gasteiger partial charge in [0.1, 0.15) is 0 Å². The molecule has 1 saturated carbocycles. The summed E-state index contributed by atoms with van der Waals surface area (Å²) in [5, 5.41) is 22.2. The van der Waals surface area contributed by atoms with Gasteiger partial charge in [0, 0.05) is 18.2 Å². The van der Waals surface area contributed by atoms with E-state index in [2.05, 4.69) is 5.32 Å². The van der Waals surface area contributed by atoms with E-state index in [1.165, 1.54) is 12.1 Å². The maximum Gasteiger partial charge on any atom is 0.306 e. The second-order valence-corrected chi connectivity index (χ2v) is 5.35. The van der Waals surface area contributed by atoms with Crippen LogP contribution in [-0.4, -0.2) is 27.9 Å². The van der Waals surface area contributed by atoms with Crippen molar-refractivity contribution in [3.63, 3.8) is 0 Å². The van der Waals surface area contributed by atoms with Gasteiger partial charge in [-0.2, -0.15) is 0 Å². The van der Waals surface area contributed by atoms with Gasteiger partial charge in [0.15, 0.2) is 0 Å². The van der Waals surface area contributed by atoms with Gasteiger partial charge in [-0.05, 0) is 25.3 Å². The zero-order valence-electron chi connectivity index (χ0n) is 10.9. The summed E-state index contributed by atoms with van der Waals surface area (Å²) in [6.07, 6.45) is 1.49. The van der Waals surface area contributed by atoms with E-state index in [1.54, 1.807) is 0 Å². The van der Waals surface area contributed by atoms with Crippen molar-refractivity contribution in [3.8, 4) is 0 Å². The first-order chi connectivity index (χ1) is 9.88. The van der Waals surface area contributed by atoms with Crippen molar-refractivity contribution < 1.29 is 19.6 Å². The fourth-order valence-corrected chi connectivity index (χ4v) is 2.66. The van der Waals surface area contributed by atoms with Crippen LogP contribution in [0.15, 0.2) is 18.2 Å². The molecular weight excluding hydrogens is 300 g/mol. The van der Waals surface area contributed by atoms with Gasteiger partial charge in [-0.1, -0.05) is 11.6 Å². The summed E-state index contributed by atoms with van der Waals surface area (Å²) in [5.74, 6) is -1.76. The first kappa shape index (κ1) is 15.2. The predicted octanol–water partition coefficient (Wildman–Crippen LogP) is 2.23. The lowest BCUT2D eigenvalue weighted by atomic mass is 10.1. The van der Waals surface area contributed by atoms with Crippen LogP contribution < -0.4 is 5.32 Å². The minimum atomic E-state index is -0.861. The third-order valence-electron chi connectivity index (χ3n) is 3.53. The summed E-state index contributed by atoms with van der Waals surface area (Å²) < 4.78 is 0. The molecule has 112 valence electrons. The molecule has 2 rings (SSSR count). The molecule has 1 fully saturated rings. The number of halogens is 1. The van der Waals surface area contributed by atoms with Crippen molar-refractivity contribution in [2.75, 3.05) is 0 Å². The number of carbonyl (C=O) groups excluding carboxylic acids is 1. The van der Waals surface area contributed by atoms with E-state index in [0.717, 1.165) is 6.07 Å². The Morgan fingerprint density at radius 1 is 1.38 bits per heavy atom. The molecule has 1 aromatic rings. The normalized spacial score (nSPS) is 21.0. The molecule has 1 aromatic carbocycles. The van der Waals surface area contributed by atoms with Crippen molar-refractivity contribution in [3.05, 3.63) is 38.9 Å². The molecule has 0 radical (unpaired) electrons. The predicted molar refractivity (Wildman–Crippen MR) is 74.3 cm³/mol. The summed E-state index contributed by atoms with van der Waals surface area (Å²) in [6, 6.07) is 3.39. The smallest absolute Gasteiger partial charge is 0.306 e. The molecule has 1 aliphatic rings. The summed E-state index contributed by atoms with van der Waals surface area (Å²) >= 11 is 5.87. The summed E-state index contributed by atoms with van der Waals surface area (Å²) in [7, 11) is 0. The van der Waals surface area contributed by atoms with Gasteiger partial charge in [0.2, 0.25) is 0 Å². The Morgan fingerprint density at radius 2 is 2.10 bits per heavy atom. The third-order valence-corrected chi connectivity index (χ3v) is 3.84. The minimum absolute atomic E-state index is 0.00511. The van der Waals surface area contributed by atoms with Gasteiger partial charge in [-0.3, -0.25) is 19.7 Å². The van der Waals surface area contributed by atoms with E-state index in [-0.39, 0.29) is 22.3 Å². The van der Waals surface area contributed by atoms with Gasteiger partial charge < -0.3 is 10.4 Å². The maximum atomic E-state index is 12.1. The van der Waals surface area contributed by atoms with Crippen LogP contribution in [0, 0.1) is 16.0 Å². The average molecular weight is 313 g/mol. The van der Waals surface area contributed by atoms with Gasteiger partial charge in [-0.25, -0.2) is 0 Å². The Morgan fingerprint density at radius 3 is 2.62 bits per heavy atom. The fraction of sp³-hybridized carbons (Fsp3) is 0.385. The number of carboxylic acids is 1. The van der Waals surface area contributed by atoms with E-state index in [4.69, 9.17) is 16.7 Å². The number of carbonyl (C=O) groups is 2. The van der Waals surface area contributed by atoms with Crippen molar-refractivity contribution in [2.45, 2.75) is 25.3 Å². The molecule has 8 heteroatoms. The summed E-state index contributed by atoms with van der Waals surface area (Å²) in [6.45, 7) is 0. The highest BCUT2D eigenvalue weighted by atomic mass is 35.5. The zero-order chi connectivity index (χ0) is 15.6. The minimum Gasteiger partial charge on any atom is -0.481 e. The van der Waals surface area contributed by atoms with Crippen LogP contribution >= 0.6 is 11.6 Å². The highest BCUT2D eigenvalue weighted by molar-refractivity contribution is 6.34. The van der Waals surface area contributed by atoms with Gasteiger partial charge >= 0.3 is 5.97 Å². The quantitative estimate of drug-likeness (QED) is 0.654. The molecule has 0 saturated heterocycles. The lowest BCUT2D eigenvalue weighted by molar-refractivity contribution is -0.384. The standard InChI is InChI=1S/C13H13ClN2O5/c14-11-6-9(16(20)21)3-4-10(11)12(17)15-8-2-1-7(5-8)13(18)19/h3-4,6-8H,1-2,5H2,(H,15,17)(H,18,19)/t7-,8+/m0/s1. The summed E-state index contributed by atoms with van der Waals surface area (Å²) in [4.78, 5) is 32.9. The van der Waals surface area contributed by atoms with E-state index in [1.807, 2.05) is 0 Å². The number of hydrogen-bond donors (Lipinski definition) is 2. The Labute approximate surface area is 125 Å². The van der Waals surface area contributed by atoms with Crippen molar-refractivity contribution in [1.29, 1.82) is 0 Å². The van der Waals surface area contributed by atoms with Crippen LogP contribution in [0.3, 0.4) is 0 Å². The molecule has 7 nitrogen and oxygen atoms in total. The number of benzene rings is 1. The molecule has 0 heterocycles. The molecule has 0 spiro atoms. The van der Waals surface area contributed by atoms with Crippen LogP contribution in [0.5, 0.6) is 0 Å². The molecule has 2 N–H and O–H groups in total. The second kappa shape index (κ2) is 6.09. The topological polar surface area (TPSA) is 110 Å². The molecule has 1 aliphatic carbocycles. The van der Waals surface area contributed by atoms with E-state index < -0.39 is 22.7 Å². The molecule has 0 unspecified atom stereocenters. The number of hydrogen-bond acceptors (Lipinski definition) is 4. The number of carboxylic acid groups (broad SMARTS) is 1. The van der Waals surface area contributed by atoms with Crippen LogP contribution in [0.2, 0.25) is 5.02 Å². The molecule has 2 atom stereocenters. The molecule has 0 bridgehead atoms. The van der Waals surface area contributed by atoms with E-state index in [0.29, 0.717) is 19.3 Å². The summed E-state index contributed by atoms with van der Waals surface area (Å²) in [5.41, 5.74) is -0.0515. The van der Waals surface area contributed by atoms with E-state index >= 15 is 0 Å². The number of amides is 1. The highest BCUT2D eigenvalue weighted by Gasteiger charge is 2.31. The zero-order valence-corrected chi connectivity index (χ0v) is 11.7. The largest absolute Gasteiger partial charge is 0.481 e. The van der Waals surface area contributed by atoms with Gasteiger partial charge in [0.05, 0.1) is 21.4 Å². The highest BCUT2D eigenvalue weighted by Crippen LogP contribution is 2.27. The number of nitrogens with zero attached hydrogens (tertiary/aromatic N) is 1. The first-order valence-corrected chi connectivity index (χ1v) is 6.74. The van der Waals surface area contributed by atoms with Crippen LogP contribution in [0.1, 0.15) is 29.6 Å². The monoisotopic (exact) mass is 312 g/mol. The van der Waals surface area contributed by atoms with Gasteiger partial charge in [-0.15, -0.1) is 0 Å². The molecular formula is C13H13ClN2O5. The maximum absolute atomic E-state index is 12.1. The number of aliphatic carboxylic acids is 1. The van der Waals surface area contributed by atoms with Crippen LogP contribution in [0.4, 0.5) is 5.69 Å². The molecule has 0 aromatic heterocycles. The number of non-ortho nitro benzene ring substituents is 1. The third kappa shape index (κ3) is 3.49. The van der Waals surface area contributed by atoms with Gasteiger partial charge in [0.25, 0.3) is 11.6 Å². The van der Waals surface area contributed by atoms with Crippen LogP contribution in [-0.2, 0) is 4.79 Å². The van der Waals surface area contributed by atoms with Crippen molar-refractivity contribution in [2.24, 2.45) is 5.92 Å². The number of nitrogens with one attached hydrogen (secondary N) is 1. The van der Waals surface area contributed by atoms with Crippen molar-refractivity contribution >= 4 is 29.2 Å². The first-order valence-electron chi connectivity index (χ1n) is 6.36. The molecule has 0 aliphatic heterocycles. The lowest BCUT2D eigenvalue weighted by Gasteiger charge is -2.13. The Hall–Kier alpha value is -2.15. The Balaban J connectivity index is 2.04.